The van der Waals surface area contributed by atoms with Gasteiger partial charge in [0.25, 0.3) is 0 Å². The lowest BCUT2D eigenvalue weighted by molar-refractivity contribution is 0.340. The highest BCUT2D eigenvalue weighted by Gasteiger charge is 2.10. The van der Waals surface area contributed by atoms with E-state index < -0.39 is 0 Å². The SMILES string of the molecule is C/C=C/C(C)=C(/C)N=C(C)N1CCCCC1. The molecule has 0 radical (unpaired) electrons. The van der Waals surface area contributed by atoms with Gasteiger partial charge in [0.2, 0.25) is 0 Å². The van der Waals surface area contributed by atoms with Crippen LogP contribution in [0.2, 0.25) is 0 Å². The molecule has 1 heterocycles. The summed E-state index contributed by atoms with van der Waals surface area (Å²) in [7, 11) is 0. The van der Waals surface area contributed by atoms with Crippen LogP contribution in [0.5, 0.6) is 0 Å². The van der Waals surface area contributed by atoms with Gasteiger partial charge >= 0.3 is 0 Å². The Morgan fingerprint density at radius 3 is 2.25 bits per heavy atom. The topological polar surface area (TPSA) is 15.6 Å². The van der Waals surface area contributed by atoms with E-state index in [4.69, 9.17) is 4.99 Å². The molecule has 1 aliphatic rings. The molecule has 1 rings (SSSR count). The van der Waals surface area contributed by atoms with Gasteiger partial charge in [-0.3, -0.25) is 0 Å². The third-order valence-corrected chi connectivity index (χ3v) is 3.13. The van der Waals surface area contributed by atoms with E-state index in [-0.39, 0.29) is 0 Å². The highest BCUT2D eigenvalue weighted by molar-refractivity contribution is 5.80. The number of likely N-dealkylation sites (tertiary alicyclic amines) is 1. The first-order valence-corrected chi connectivity index (χ1v) is 6.25. The number of aliphatic imine (C=N–C) groups is 1. The van der Waals surface area contributed by atoms with Crippen LogP contribution in [0.15, 0.2) is 28.4 Å². The average Bonchev–Trinajstić information content (AvgIpc) is 2.30. The Bertz CT molecular complexity index is 305. The summed E-state index contributed by atoms with van der Waals surface area (Å²) in [5.74, 6) is 1.17. The Balaban J connectivity index is 2.70. The van der Waals surface area contributed by atoms with Crippen LogP contribution in [-0.4, -0.2) is 23.8 Å². The molecule has 0 spiro atoms. The summed E-state index contributed by atoms with van der Waals surface area (Å²) in [6.45, 7) is 10.7. The highest BCUT2D eigenvalue weighted by atomic mass is 15.2. The first-order chi connectivity index (χ1) is 7.65. The summed E-state index contributed by atoms with van der Waals surface area (Å²) in [6, 6.07) is 0. The van der Waals surface area contributed by atoms with E-state index in [9.17, 15) is 0 Å². The van der Waals surface area contributed by atoms with Gasteiger partial charge in [-0.2, -0.15) is 0 Å². The molecule has 0 unspecified atom stereocenters. The molecule has 0 aromatic carbocycles. The largest absolute Gasteiger partial charge is 0.360 e. The second-order valence-corrected chi connectivity index (χ2v) is 4.48. The van der Waals surface area contributed by atoms with Crippen molar-refractivity contribution >= 4 is 5.84 Å². The summed E-state index contributed by atoms with van der Waals surface area (Å²) >= 11 is 0. The predicted molar refractivity (Wildman–Crippen MR) is 71.7 cm³/mol. The third-order valence-electron chi connectivity index (χ3n) is 3.13. The van der Waals surface area contributed by atoms with Gasteiger partial charge in [0, 0.05) is 18.8 Å². The minimum atomic E-state index is 1.13. The minimum Gasteiger partial charge on any atom is -0.360 e. The van der Waals surface area contributed by atoms with E-state index in [0.29, 0.717) is 0 Å². The molecule has 0 atom stereocenters. The Morgan fingerprint density at radius 2 is 1.69 bits per heavy atom. The van der Waals surface area contributed by atoms with Crippen molar-refractivity contribution in [3.05, 3.63) is 23.4 Å². The lowest BCUT2D eigenvalue weighted by Gasteiger charge is -2.28. The Morgan fingerprint density at radius 1 is 1.06 bits per heavy atom. The maximum atomic E-state index is 4.69. The summed E-state index contributed by atoms with van der Waals surface area (Å²) in [5, 5.41) is 0. The molecule has 2 heteroatoms. The van der Waals surface area contributed by atoms with Crippen molar-refractivity contribution in [1.29, 1.82) is 0 Å². The van der Waals surface area contributed by atoms with Crippen LogP contribution in [0.1, 0.15) is 47.0 Å². The molecule has 1 aliphatic heterocycles. The van der Waals surface area contributed by atoms with Crippen molar-refractivity contribution in [3.63, 3.8) is 0 Å². The van der Waals surface area contributed by atoms with E-state index >= 15 is 0 Å². The maximum Gasteiger partial charge on any atom is 0.101 e. The van der Waals surface area contributed by atoms with Crippen LogP contribution in [-0.2, 0) is 0 Å². The number of amidine groups is 1. The summed E-state index contributed by atoms with van der Waals surface area (Å²) < 4.78 is 0. The van der Waals surface area contributed by atoms with E-state index in [1.165, 1.54) is 43.8 Å². The van der Waals surface area contributed by atoms with E-state index in [1.807, 2.05) is 6.92 Å². The number of hydrogen-bond acceptors (Lipinski definition) is 1. The second kappa shape index (κ2) is 6.51. The fourth-order valence-corrected chi connectivity index (χ4v) is 1.99. The molecule has 90 valence electrons. The molecule has 0 aromatic heterocycles. The first-order valence-electron chi connectivity index (χ1n) is 6.25. The molecule has 0 N–H and O–H groups in total. The quantitative estimate of drug-likeness (QED) is 0.393. The molecular formula is C14H24N2. The Kier molecular flexibility index (Phi) is 5.30. The zero-order valence-corrected chi connectivity index (χ0v) is 11.1. The van der Waals surface area contributed by atoms with Crippen molar-refractivity contribution in [1.82, 2.24) is 4.90 Å². The highest BCUT2D eigenvalue weighted by Crippen LogP contribution is 2.12. The molecule has 1 saturated heterocycles. The second-order valence-electron chi connectivity index (χ2n) is 4.48. The van der Waals surface area contributed by atoms with Crippen LogP contribution in [0.25, 0.3) is 0 Å². The summed E-state index contributed by atoms with van der Waals surface area (Å²) in [6.07, 6.45) is 8.16. The minimum absolute atomic E-state index is 1.13. The number of rotatable bonds is 2. The Hall–Kier alpha value is -1.05. The molecule has 1 fully saturated rings. The maximum absolute atomic E-state index is 4.69. The van der Waals surface area contributed by atoms with Gasteiger partial charge in [-0.1, -0.05) is 12.2 Å². The number of hydrogen-bond donors (Lipinski definition) is 0. The standard InChI is InChI=1S/C14H24N2/c1-5-9-12(2)13(3)15-14(4)16-10-7-6-8-11-16/h5,9H,6-8,10-11H2,1-4H3/b9-5+,13-12-,15-14?. The van der Waals surface area contributed by atoms with Gasteiger partial charge in [-0.05, 0) is 52.5 Å². The molecule has 2 nitrogen and oxygen atoms in total. The molecule has 0 aromatic rings. The molecule has 0 aliphatic carbocycles. The fourth-order valence-electron chi connectivity index (χ4n) is 1.99. The average molecular weight is 220 g/mol. The number of piperidine rings is 1. The van der Waals surface area contributed by atoms with Gasteiger partial charge in [-0.15, -0.1) is 0 Å². The zero-order valence-electron chi connectivity index (χ0n) is 11.1. The first kappa shape index (κ1) is 13.0. The van der Waals surface area contributed by atoms with Crippen LogP contribution in [0.4, 0.5) is 0 Å². The van der Waals surface area contributed by atoms with Crippen molar-refractivity contribution in [2.45, 2.75) is 47.0 Å². The van der Waals surface area contributed by atoms with Crippen LogP contribution in [0, 0.1) is 0 Å². The molecule has 0 bridgehead atoms. The number of nitrogens with zero attached hydrogens (tertiary/aromatic N) is 2. The van der Waals surface area contributed by atoms with Crippen LogP contribution < -0.4 is 0 Å². The van der Waals surface area contributed by atoms with E-state index in [2.05, 4.69) is 37.8 Å². The Labute approximate surface area is 99.8 Å². The van der Waals surface area contributed by atoms with E-state index in [1.54, 1.807) is 0 Å². The molecule has 16 heavy (non-hydrogen) atoms. The predicted octanol–water partition coefficient (Wildman–Crippen LogP) is 3.76. The third kappa shape index (κ3) is 3.84. The lowest BCUT2D eigenvalue weighted by Crippen LogP contribution is -2.33. The molecule has 0 amide bonds. The van der Waals surface area contributed by atoms with Crippen LogP contribution in [0.3, 0.4) is 0 Å². The van der Waals surface area contributed by atoms with Gasteiger partial charge in [0.05, 0.1) is 0 Å². The lowest BCUT2D eigenvalue weighted by atomic mass is 10.1. The number of allylic oxidation sites excluding steroid dienone is 4. The van der Waals surface area contributed by atoms with Gasteiger partial charge < -0.3 is 4.90 Å². The van der Waals surface area contributed by atoms with Gasteiger partial charge in [0.15, 0.2) is 0 Å². The van der Waals surface area contributed by atoms with Gasteiger partial charge in [-0.25, -0.2) is 4.99 Å². The summed E-state index contributed by atoms with van der Waals surface area (Å²) in [4.78, 5) is 7.09. The van der Waals surface area contributed by atoms with Crippen molar-refractivity contribution < 1.29 is 0 Å². The zero-order chi connectivity index (χ0) is 12.0. The van der Waals surface area contributed by atoms with E-state index in [0.717, 1.165) is 5.70 Å². The van der Waals surface area contributed by atoms with Crippen LogP contribution >= 0.6 is 0 Å². The molecular weight excluding hydrogens is 196 g/mol. The smallest absolute Gasteiger partial charge is 0.101 e. The van der Waals surface area contributed by atoms with Gasteiger partial charge in [0.1, 0.15) is 5.84 Å². The fraction of sp³-hybridized carbons (Fsp3) is 0.643. The van der Waals surface area contributed by atoms with Crippen molar-refractivity contribution in [3.8, 4) is 0 Å². The normalized spacial score (nSPS) is 20.2. The van der Waals surface area contributed by atoms with Crippen molar-refractivity contribution in [2.24, 2.45) is 4.99 Å². The molecule has 0 saturated carbocycles. The van der Waals surface area contributed by atoms with Crippen molar-refractivity contribution in [2.75, 3.05) is 13.1 Å². The monoisotopic (exact) mass is 220 g/mol. The summed E-state index contributed by atoms with van der Waals surface area (Å²) in [5.41, 5.74) is 2.38.